The molecular weight excluding hydrogens is 712 g/mol. The summed E-state index contributed by atoms with van der Waals surface area (Å²) in [7, 11) is 0. The molecule has 3 N–H and O–H groups in total. The Morgan fingerprint density at radius 2 is 1.55 bits per heavy atom. The molecule has 3 heterocycles. The van der Waals surface area contributed by atoms with Crippen molar-refractivity contribution >= 4 is 28.5 Å². The summed E-state index contributed by atoms with van der Waals surface area (Å²) in [5, 5.41) is 24.7. The second-order valence-electron chi connectivity index (χ2n) is 14.4. The molecule has 8 rings (SSSR count). The van der Waals surface area contributed by atoms with Crippen molar-refractivity contribution in [2.24, 2.45) is 0 Å². The number of fused-ring (bicyclic) bond motifs is 1. The number of rotatable bonds is 10. The van der Waals surface area contributed by atoms with Gasteiger partial charge in [0.2, 0.25) is 0 Å². The lowest BCUT2D eigenvalue weighted by atomic mass is 9.84. The normalized spacial score (nSPS) is 19.9. The van der Waals surface area contributed by atoms with Crippen molar-refractivity contribution in [3.05, 3.63) is 166 Å². The Bertz CT molecular complexity index is 2240. The summed E-state index contributed by atoms with van der Waals surface area (Å²) in [6, 6.07) is 39.3. The van der Waals surface area contributed by atoms with Crippen LogP contribution in [0.3, 0.4) is 0 Å². The molecule has 280 valence electrons. The fourth-order valence-corrected chi connectivity index (χ4v) is 7.63. The third-order valence-corrected chi connectivity index (χ3v) is 11.0. The second-order valence-corrected chi connectivity index (χ2v) is 14.9. The number of piperidine rings is 1. The smallest absolute Gasteiger partial charge is 0.271 e. The van der Waals surface area contributed by atoms with Gasteiger partial charge in [-0.2, -0.15) is 0 Å². The van der Waals surface area contributed by atoms with Crippen molar-refractivity contribution in [3.8, 4) is 11.1 Å². The molecule has 0 bridgehead atoms. The number of hydrogen-bond donors (Lipinski definition) is 3. The number of benzene rings is 5. The van der Waals surface area contributed by atoms with Gasteiger partial charge < -0.3 is 29.9 Å². The van der Waals surface area contributed by atoms with Crippen LogP contribution in [-0.4, -0.2) is 56.7 Å². The van der Waals surface area contributed by atoms with Crippen LogP contribution in [0.5, 0.6) is 0 Å². The molecule has 0 aliphatic carbocycles. The van der Waals surface area contributed by atoms with E-state index in [-0.39, 0.29) is 30.4 Å². The number of aromatic nitrogens is 2. The highest BCUT2D eigenvalue weighted by atomic mass is 35.5. The van der Waals surface area contributed by atoms with Gasteiger partial charge in [0, 0.05) is 43.2 Å². The molecule has 2 aliphatic heterocycles. The molecule has 2 aliphatic rings. The monoisotopic (exact) mass is 754 g/mol. The minimum atomic E-state index is -0.876. The third-order valence-electron chi connectivity index (χ3n) is 10.7. The highest BCUT2D eigenvalue weighted by molar-refractivity contribution is 6.30. The highest BCUT2D eigenvalue weighted by Gasteiger charge is 2.37. The molecule has 0 saturated carbocycles. The maximum absolute atomic E-state index is 12.9. The van der Waals surface area contributed by atoms with Crippen molar-refractivity contribution in [2.45, 2.75) is 56.5 Å². The highest BCUT2D eigenvalue weighted by Crippen LogP contribution is 2.40. The van der Waals surface area contributed by atoms with Gasteiger partial charge in [0.05, 0.1) is 41.6 Å². The van der Waals surface area contributed by atoms with E-state index in [1.54, 1.807) is 0 Å². The Hall–Kier alpha value is -5.00. The topological polar surface area (TPSA) is 117 Å². The van der Waals surface area contributed by atoms with Crippen LogP contribution in [0.2, 0.25) is 5.02 Å². The van der Waals surface area contributed by atoms with E-state index in [1.807, 2.05) is 97.1 Å². The summed E-state index contributed by atoms with van der Waals surface area (Å²) >= 11 is 6.10. The van der Waals surface area contributed by atoms with Gasteiger partial charge in [-0.1, -0.05) is 103 Å². The number of halogens is 1. The zero-order chi connectivity index (χ0) is 37.8. The molecule has 5 aromatic carbocycles. The van der Waals surface area contributed by atoms with Gasteiger partial charge in [-0.05, 0) is 76.6 Å². The standard InChI is InChI=1S/C45H43ClN4O5/c46-37-18-16-36(17-19-37)45(53)20-22-50(23-21-45)28-38-25-42(33-10-8-30(29-51)9-11-33)55-44(54-38)34-14-12-32(13-15-34)35-5-3-4-31(24-35)26-48-43(52)41-27-47-39-6-1-2-7-40(39)49-41/h1-19,24,27,38,42,44,51,53H,20-23,25-26,28-29H2,(H,48,52)/t38-,42+,44+/m1/s1. The zero-order valence-corrected chi connectivity index (χ0v) is 31.1. The Morgan fingerprint density at radius 3 is 2.29 bits per heavy atom. The summed E-state index contributed by atoms with van der Waals surface area (Å²) < 4.78 is 13.3. The van der Waals surface area contributed by atoms with Crippen LogP contribution in [-0.2, 0) is 28.2 Å². The van der Waals surface area contributed by atoms with E-state index in [2.05, 4.69) is 44.5 Å². The molecular formula is C45H43ClN4O5. The van der Waals surface area contributed by atoms with Gasteiger partial charge in [-0.25, -0.2) is 4.98 Å². The van der Waals surface area contributed by atoms with Gasteiger partial charge in [0.15, 0.2) is 6.29 Å². The quantitative estimate of drug-likeness (QED) is 0.129. The first-order valence-electron chi connectivity index (χ1n) is 18.7. The first-order chi connectivity index (χ1) is 26.8. The number of nitrogens with one attached hydrogen (secondary N) is 1. The summed E-state index contributed by atoms with van der Waals surface area (Å²) in [5.74, 6) is -0.277. The molecule has 10 heteroatoms. The Balaban J connectivity index is 0.939. The summed E-state index contributed by atoms with van der Waals surface area (Å²) in [4.78, 5) is 24.1. The molecule has 6 aromatic rings. The van der Waals surface area contributed by atoms with E-state index >= 15 is 0 Å². The Kier molecular flexibility index (Phi) is 11.0. The number of likely N-dealkylation sites (tertiary alicyclic amines) is 1. The number of hydrogen-bond acceptors (Lipinski definition) is 8. The van der Waals surface area contributed by atoms with Crippen LogP contribution in [0.15, 0.2) is 128 Å². The lowest BCUT2D eigenvalue weighted by Crippen LogP contribution is -2.46. The average molecular weight is 755 g/mol. The van der Waals surface area contributed by atoms with Crippen LogP contribution in [0.25, 0.3) is 22.2 Å². The van der Waals surface area contributed by atoms with E-state index in [0.717, 1.165) is 64.1 Å². The van der Waals surface area contributed by atoms with Crippen molar-refractivity contribution in [1.82, 2.24) is 20.2 Å². The van der Waals surface area contributed by atoms with Crippen LogP contribution in [0.4, 0.5) is 0 Å². The number of nitrogens with zero attached hydrogens (tertiary/aromatic N) is 3. The van der Waals surface area contributed by atoms with Crippen molar-refractivity contribution < 1.29 is 24.5 Å². The summed E-state index contributed by atoms with van der Waals surface area (Å²) in [6.45, 7) is 2.55. The van der Waals surface area contributed by atoms with Gasteiger partial charge in [0.1, 0.15) is 5.69 Å². The molecule has 1 amide bonds. The van der Waals surface area contributed by atoms with Crippen LogP contribution in [0.1, 0.15) is 70.0 Å². The van der Waals surface area contributed by atoms with Gasteiger partial charge in [0.25, 0.3) is 5.91 Å². The van der Waals surface area contributed by atoms with Gasteiger partial charge >= 0.3 is 0 Å². The minimum absolute atomic E-state index is 0.0120. The van der Waals surface area contributed by atoms with Crippen LogP contribution >= 0.6 is 11.6 Å². The average Bonchev–Trinajstić information content (AvgIpc) is 3.24. The molecule has 2 saturated heterocycles. The summed E-state index contributed by atoms with van der Waals surface area (Å²) in [5.41, 5.74) is 7.56. The molecule has 55 heavy (non-hydrogen) atoms. The van der Waals surface area contributed by atoms with Crippen molar-refractivity contribution in [2.75, 3.05) is 19.6 Å². The number of para-hydroxylation sites is 2. The molecule has 3 atom stereocenters. The van der Waals surface area contributed by atoms with E-state index < -0.39 is 11.9 Å². The molecule has 0 unspecified atom stereocenters. The second kappa shape index (κ2) is 16.4. The number of aliphatic hydroxyl groups is 2. The SMILES string of the molecule is O=C(NCc1cccc(-c2ccc([C@H]3O[C@@H](CN4CCC(O)(c5ccc(Cl)cc5)CC4)C[C@@H](c4ccc(CO)cc4)O3)cc2)c1)c1cnc2ccccc2n1. The first kappa shape index (κ1) is 36.9. The molecule has 9 nitrogen and oxygen atoms in total. The number of aliphatic hydroxyl groups excluding tert-OH is 1. The predicted octanol–water partition coefficient (Wildman–Crippen LogP) is 7.90. The maximum Gasteiger partial charge on any atom is 0.271 e. The number of ether oxygens (including phenoxy) is 2. The fourth-order valence-electron chi connectivity index (χ4n) is 7.51. The molecule has 1 aromatic heterocycles. The number of amides is 1. The predicted molar refractivity (Wildman–Crippen MR) is 212 cm³/mol. The minimum Gasteiger partial charge on any atom is -0.392 e. The van der Waals surface area contributed by atoms with Gasteiger partial charge in [-0.3, -0.25) is 9.78 Å². The Labute approximate surface area is 325 Å². The molecule has 2 fully saturated rings. The largest absolute Gasteiger partial charge is 0.392 e. The molecule has 0 radical (unpaired) electrons. The first-order valence-corrected chi connectivity index (χ1v) is 19.1. The van der Waals surface area contributed by atoms with Crippen molar-refractivity contribution in [1.29, 1.82) is 0 Å². The van der Waals surface area contributed by atoms with Crippen LogP contribution < -0.4 is 5.32 Å². The molecule has 0 spiro atoms. The lowest BCUT2D eigenvalue weighted by molar-refractivity contribution is -0.253. The fraction of sp³-hybridized carbons (Fsp3) is 0.267. The number of carbonyl (C=O) groups is 1. The van der Waals surface area contributed by atoms with E-state index in [9.17, 15) is 15.0 Å². The zero-order valence-electron chi connectivity index (χ0n) is 30.4. The number of carbonyl (C=O) groups excluding carboxylic acids is 1. The van der Waals surface area contributed by atoms with E-state index in [0.29, 0.717) is 36.3 Å². The van der Waals surface area contributed by atoms with Crippen molar-refractivity contribution in [3.63, 3.8) is 0 Å². The van der Waals surface area contributed by atoms with Crippen LogP contribution in [0, 0.1) is 0 Å². The Morgan fingerprint density at radius 1 is 0.818 bits per heavy atom. The third kappa shape index (κ3) is 8.63. The summed E-state index contributed by atoms with van der Waals surface area (Å²) in [6.07, 6.45) is 2.56. The van der Waals surface area contributed by atoms with E-state index in [4.69, 9.17) is 21.1 Å². The van der Waals surface area contributed by atoms with E-state index in [1.165, 1.54) is 6.20 Å². The maximum atomic E-state index is 12.9. The van der Waals surface area contributed by atoms with Gasteiger partial charge in [-0.15, -0.1) is 0 Å². The lowest BCUT2D eigenvalue weighted by Gasteiger charge is -2.42.